The fourth-order valence-corrected chi connectivity index (χ4v) is 1.52. The Balaban J connectivity index is 2.42. The van der Waals surface area contributed by atoms with E-state index in [1.54, 1.807) is 38.0 Å². The van der Waals surface area contributed by atoms with Crippen molar-refractivity contribution in [2.24, 2.45) is 7.05 Å². The lowest BCUT2D eigenvalue weighted by Gasteiger charge is -2.10. The highest BCUT2D eigenvalue weighted by molar-refractivity contribution is 5.94. The van der Waals surface area contributed by atoms with E-state index in [0.29, 0.717) is 11.4 Å². The van der Waals surface area contributed by atoms with Crippen LogP contribution in [0.1, 0.15) is 10.4 Å². The first kappa shape index (κ1) is 11.3. The molecular formula is C11H13N5O. The fourth-order valence-electron chi connectivity index (χ4n) is 1.52. The van der Waals surface area contributed by atoms with E-state index in [4.69, 9.17) is 0 Å². The molecule has 2 rings (SSSR count). The van der Waals surface area contributed by atoms with Crippen molar-refractivity contribution >= 4 is 5.91 Å². The first-order chi connectivity index (χ1) is 8.09. The van der Waals surface area contributed by atoms with Crippen molar-refractivity contribution in [3.63, 3.8) is 0 Å². The van der Waals surface area contributed by atoms with Crippen molar-refractivity contribution in [1.29, 1.82) is 0 Å². The van der Waals surface area contributed by atoms with Gasteiger partial charge in [0.1, 0.15) is 0 Å². The predicted octanol–water partition coefficient (Wildman–Crippen LogP) is 0.579. The standard InChI is InChI=1S/C11H13N5O/c1-15(2)11(17)9-6-4-5-8(7-9)10-12-13-14-16(10)3/h4-7H,1-3H3. The minimum Gasteiger partial charge on any atom is -0.345 e. The van der Waals surface area contributed by atoms with Gasteiger partial charge in [-0.3, -0.25) is 4.79 Å². The molecule has 0 saturated heterocycles. The first-order valence-corrected chi connectivity index (χ1v) is 5.14. The highest BCUT2D eigenvalue weighted by atomic mass is 16.2. The molecule has 1 amide bonds. The molecule has 2 aromatic rings. The number of carbonyl (C=O) groups excluding carboxylic acids is 1. The zero-order chi connectivity index (χ0) is 12.4. The number of tetrazole rings is 1. The van der Waals surface area contributed by atoms with Crippen molar-refractivity contribution in [2.75, 3.05) is 14.1 Å². The third-order valence-electron chi connectivity index (χ3n) is 2.39. The van der Waals surface area contributed by atoms with E-state index in [9.17, 15) is 4.79 Å². The number of carbonyl (C=O) groups is 1. The lowest BCUT2D eigenvalue weighted by molar-refractivity contribution is 0.0827. The van der Waals surface area contributed by atoms with Crippen LogP contribution >= 0.6 is 0 Å². The summed E-state index contributed by atoms with van der Waals surface area (Å²) in [7, 11) is 5.20. The van der Waals surface area contributed by atoms with E-state index in [1.165, 1.54) is 4.90 Å². The number of hydrogen-bond donors (Lipinski definition) is 0. The molecule has 88 valence electrons. The van der Waals surface area contributed by atoms with Gasteiger partial charge in [-0.15, -0.1) is 5.10 Å². The Morgan fingerprint density at radius 2 is 2.12 bits per heavy atom. The lowest BCUT2D eigenvalue weighted by Crippen LogP contribution is -2.21. The maximum atomic E-state index is 11.8. The summed E-state index contributed by atoms with van der Waals surface area (Å²) in [5, 5.41) is 11.2. The zero-order valence-electron chi connectivity index (χ0n) is 9.95. The highest BCUT2D eigenvalue weighted by Gasteiger charge is 2.11. The molecule has 0 aliphatic rings. The van der Waals surface area contributed by atoms with Gasteiger partial charge < -0.3 is 4.90 Å². The summed E-state index contributed by atoms with van der Waals surface area (Å²) in [5.41, 5.74) is 1.45. The predicted molar refractivity (Wildman–Crippen MR) is 62.3 cm³/mol. The van der Waals surface area contributed by atoms with E-state index >= 15 is 0 Å². The van der Waals surface area contributed by atoms with Crippen molar-refractivity contribution < 1.29 is 4.79 Å². The molecule has 6 nitrogen and oxygen atoms in total. The number of hydrogen-bond acceptors (Lipinski definition) is 4. The monoisotopic (exact) mass is 231 g/mol. The largest absolute Gasteiger partial charge is 0.345 e. The van der Waals surface area contributed by atoms with Gasteiger partial charge in [-0.1, -0.05) is 12.1 Å². The summed E-state index contributed by atoms with van der Waals surface area (Å²) in [5.74, 6) is 0.598. The maximum Gasteiger partial charge on any atom is 0.253 e. The quantitative estimate of drug-likeness (QED) is 0.758. The molecule has 0 aliphatic carbocycles. The second kappa shape index (κ2) is 4.32. The number of aromatic nitrogens is 4. The van der Waals surface area contributed by atoms with Gasteiger partial charge in [-0.2, -0.15) is 0 Å². The molecule has 0 radical (unpaired) electrons. The number of nitrogens with zero attached hydrogens (tertiary/aromatic N) is 5. The number of rotatable bonds is 2. The average molecular weight is 231 g/mol. The van der Waals surface area contributed by atoms with Crippen molar-refractivity contribution in [3.8, 4) is 11.4 Å². The van der Waals surface area contributed by atoms with Gasteiger partial charge in [-0.25, -0.2) is 4.68 Å². The fraction of sp³-hybridized carbons (Fsp3) is 0.273. The Kier molecular flexibility index (Phi) is 2.86. The maximum absolute atomic E-state index is 11.8. The highest BCUT2D eigenvalue weighted by Crippen LogP contribution is 2.17. The molecule has 0 bridgehead atoms. The Morgan fingerprint density at radius 3 is 2.71 bits per heavy atom. The molecule has 1 aromatic heterocycles. The average Bonchev–Trinajstić information content (AvgIpc) is 2.74. The normalized spacial score (nSPS) is 10.3. The Labute approximate surface area is 98.9 Å². The van der Waals surface area contributed by atoms with Gasteiger partial charge in [-0.05, 0) is 22.6 Å². The second-order valence-electron chi connectivity index (χ2n) is 3.91. The molecule has 0 aliphatic heterocycles. The van der Waals surface area contributed by atoms with Gasteiger partial charge in [0.2, 0.25) is 0 Å². The number of amides is 1. The molecule has 17 heavy (non-hydrogen) atoms. The van der Waals surface area contributed by atoms with Crippen molar-refractivity contribution in [3.05, 3.63) is 29.8 Å². The molecule has 0 saturated carbocycles. The van der Waals surface area contributed by atoms with Crippen LogP contribution in [-0.2, 0) is 7.05 Å². The third-order valence-corrected chi connectivity index (χ3v) is 2.39. The molecule has 0 fully saturated rings. The van der Waals surface area contributed by atoms with Crippen molar-refractivity contribution in [2.45, 2.75) is 0 Å². The summed E-state index contributed by atoms with van der Waals surface area (Å²) in [6.07, 6.45) is 0. The zero-order valence-corrected chi connectivity index (χ0v) is 9.95. The molecule has 6 heteroatoms. The number of benzene rings is 1. The van der Waals surface area contributed by atoms with E-state index < -0.39 is 0 Å². The van der Waals surface area contributed by atoms with E-state index in [0.717, 1.165) is 5.56 Å². The first-order valence-electron chi connectivity index (χ1n) is 5.14. The molecule has 0 unspecified atom stereocenters. The summed E-state index contributed by atoms with van der Waals surface area (Å²) < 4.78 is 1.57. The number of aryl methyl sites for hydroxylation is 1. The van der Waals surface area contributed by atoms with Gasteiger partial charge >= 0.3 is 0 Å². The topological polar surface area (TPSA) is 63.9 Å². The third kappa shape index (κ3) is 2.15. The van der Waals surface area contributed by atoms with E-state index in [-0.39, 0.29) is 5.91 Å². The van der Waals surface area contributed by atoms with Crippen LogP contribution in [0.15, 0.2) is 24.3 Å². The van der Waals surface area contributed by atoms with Crippen LogP contribution < -0.4 is 0 Å². The summed E-state index contributed by atoms with van der Waals surface area (Å²) >= 11 is 0. The molecule has 0 spiro atoms. The molecule has 1 heterocycles. The molecule has 0 atom stereocenters. The van der Waals surface area contributed by atoms with Gasteiger partial charge in [0.25, 0.3) is 5.91 Å². The van der Waals surface area contributed by atoms with Gasteiger partial charge in [0, 0.05) is 32.3 Å². The SMILES string of the molecule is CN(C)C(=O)c1cccc(-c2nnnn2C)c1. The van der Waals surface area contributed by atoms with Crippen LogP contribution in [0.4, 0.5) is 0 Å². The van der Waals surface area contributed by atoms with E-state index in [2.05, 4.69) is 15.5 Å². The van der Waals surface area contributed by atoms with Crippen LogP contribution in [0.3, 0.4) is 0 Å². The smallest absolute Gasteiger partial charge is 0.253 e. The van der Waals surface area contributed by atoms with Crippen LogP contribution in [0.5, 0.6) is 0 Å². The summed E-state index contributed by atoms with van der Waals surface area (Å²) in [6.45, 7) is 0. The Hall–Kier alpha value is -2.24. The van der Waals surface area contributed by atoms with Gasteiger partial charge in [0.15, 0.2) is 5.82 Å². The second-order valence-corrected chi connectivity index (χ2v) is 3.91. The molecular weight excluding hydrogens is 218 g/mol. The Morgan fingerprint density at radius 1 is 1.35 bits per heavy atom. The van der Waals surface area contributed by atoms with Crippen LogP contribution in [0.2, 0.25) is 0 Å². The van der Waals surface area contributed by atoms with Crippen LogP contribution in [-0.4, -0.2) is 45.1 Å². The van der Waals surface area contributed by atoms with Gasteiger partial charge in [0.05, 0.1) is 0 Å². The minimum absolute atomic E-state index is 0.0398. The van der Waals surface area contributed by atoms with Crippen molar-refractivity contribution in [1.82, 2.24) is 25.1 Å². The van der Waals surface area contributed by atoms with Crippen LogP contribution in [0.25, 0.3) is 11.4 Å². The minimum atomic E-state index is -0.0398. The molecule has 1 aromatic carbocycles. The Bertz CT molecular complexity index is 546. The summed E-state index contributed by atoms with van der Waals surface area (Å²) in [4.78, 5) is 13.4. The summed E-state index contributed by atoms with van der Waals surface area (Å²) in [6, 6.07) is 7.25. The van der Waals surface area contributed by atoms with E-state index in [1.807, 2.05) is 12.1 Å². The van der Waals surface area contributed by atoms with Crippen LogP contribution in [0, 0.1) is 0 Å². The molecule has 0 N–H and O–H groups in total. The lowest BCUT2D eigenvalue weighted by atomic mass is 10.1.